The first-order chi connectivity index (χ1) is 8.31. The fourth-order valence-electron chi connectivity index (χ4n) is 1.49. The Balaban J connectivity index is 3.19. The average molecular weight is 256 g/mol. The second-order valence-corrected chi connectivity index (χ2v) is 4.07. The maximum Gasteiger partial charge on any atom is 0.339 e. The number of rotatable bonds is 4. The van der Waals surface area contributed by atoms with Crippen molar-refractivity contribution >= 4 is 5.97 Å². The molecule has 1 aromatic rings. The van der Waals surface area contributed by atoms with Crippen LogP contribution in [-0.4, -0.2) is 40.4 Å². The zero-order chi connectivity index (χ0) is 13.9. The molecule has 1 N–H and O–H groups in total. The molecule has 1 heterocycles. The van der Waals surface area contributed by atoms with E-state index in [1.165, 1.54) is 20.1 Å². The van der Waals surface area contributed by atoms with Crippen LogP contribution in [0.15, 0.2) is 10.9 Å². The molecule has 0 aromatic carbocycles. The molecule has 0 aliphatic carbocycles. The van der Waals surface area contributed by atoms with Gasteiger partial charge in [-0.1, -0.05) is 0 Å². The van der Waals surface area contributed by atoms with Gasteiger partial charge in [0.25, 0.3) is 11.6 Å². The van der Waals surface area contributed by atoms with Crippen molar-refractivity contribution in [3.8, 4) is 6.01 Å². The molecule has 0 bridgehead atoms. The molecule has 7 heteroatoms. The molecule has 7 nitrogen and oxygen atoms in total. The number of aryl methyl sites for hydroxylation is 1. The van der Waals surface area contributed by atoms with Gasteiger partial charge in [-0.25, -0.2) is 9.78 Å². The fraction of sp³-hybridized carbons (Fsp3) is 0.545. The maximum absolute atomic E-state index is 11.8. The summed E-state index contributed by atoms with van der Waals surface area (Å²) in [4.78, 5) is 27.2. The Bertz CT molecular complexity index is 507. The van der Waals surface area contributed by atoms with Crippen molar-refractivity contribution in [1.82, 2.24) is 9.55 Å². The zero-order valence-corrected chi connectivity index (χ0v) is 10.8. The van der Waals surface area contributed by atoms with Crippen molar-refractivity contribution in [2.45, 2.75) is 26.0 Å². The molecule has 0 aliphatic heterocycles. The topological polar surface area (TPSA) is 90.7 Å². The van der Waals surface area contributed by atoms with Gasteiger partial charge in [0.2, 0.25) is 0 Å². The first-order valence-electron chi connectivity index (χ1n) is 5.25. The minimum atomic E-state index is -1.83. The monoisotopic (exact) mass is 256 g/mol. The summed E-state index contributed by atoms with van der Waals surface area (Å²) in [7, 11) is 2.51. The second kappa shape index (κ2) is 5.18. The van der Waals surface area contributed by atoms with Crippen molar-refractivity contribution in [2.24, 2.45) is 0 Å². The summed E-state index contributed by atoms with van der Waals surface area (Å²) >= 11 is 0. The third kappa shape index (κ3) is 2.86. The Kier molecular flexibility index (Phi) is 4.07. The van der Waals surface area contributed by atoms with Crippen molar-refractivity contribution in [2.75, 3.05) is 14.2 Å². The largest absolute Gasteiger partial charge is 0.468 e. The predicted molar refractivity (Wildman–Crippen MR) is 62.4 cm³/mol. The van der Waals surface area contributed by atoms with E-state index in [-0.39, 0.29) is 12.6 Å². The van der Waals surface area contributed by atoms with E-state index in [4.69, 9.17) is 4.74 Å². The summed E-state index contributed by atoms with van der Waals surface area (Å²) in [6.07, 6.45) is 0. The molecule has 1 unspecified atom stereocenters. The van der Waals surface area contributed by atoms with Gasteiger partial charge < -0.3 is 14.6 Å². The van der Waals surface area contributed by atoms with E-state index in [0.29, 0.717) is 5.69 Å². The van der Waals surface area contributed by atoms with Crippen LogP contribution in [0.2, 0.25) is 0 Å². The van der Waals surface area contributed by atoms with E-state index in [9.17, 15) is 14.7 Å². The average Bonchev–Trinajstić information content (AvgIpc) is 2.30. The van der Waals surface area contributed by atoms with Crippen LogP contribution < -0.4 is 10.3 Å². The van der Waals surface area contributed by atoms with Gasteiger partial charge in [-0.3, -0.25) is 9.36 Å². The van der Waals surface area contributed by atoms with Crippen LogP contribution >= 0.6 is 0 Å². The lowest BCUT2D eigenvalue weighted by atomic mass is 10.1. The quantitative estimate of drug-likeness (QED) is 0.729. The van der Waals surface area contributed by atoms with E-state index in [2.05, 4.69) is 9.72 Å². The highest BCUT2D eigenvalue weighted by molar-refractivity contribution is 5.78. The SMILES string of the molecule is COC(=O)C(C)(O)Cn1c(OC)nc(C)cc1=O. The highest BCUT2D eigenvalue weighted by Gasteiger charge is 2.33. The molecule has 0 spiro atoms. The van der Waals surface area contributed by atoms with E-state index in [0.717, 1.165) is 11.7 Å². The Hall–Kier alpha value is -1.89. The summed E-state index contributed by atoms with van der Waals surface area (Å²) in [5, 5.41) is 9.93. The van der Waals surface area contributed by atoms with Crippen molar-refractivity contribution in [1.29, 1.82) is 0 Å². The number of ether oxygens (including phenoxy) is 2. The molecular formula is C11H16N2O5. The van der Waals surface area contributed by atoms with Crippen LogP contribution in [0.4, 0.5) is 0 Å². The molecule has 0 aliphatic rings. The van der Waals surface area contributed by atoms with E-state index in [1.54, 1.807) is 6.92 Å². The van der Waals surface area contributed by atoms with Crippen LogP contribution in [-0.2, 0) is 16.1 Å². The van der Waals surface area contributed by atoms with Gasteiger partial charge in [0.15, 0.2) is 5.60 Å². The number of methoxy groups -OCH3 is 2. The van der Waals surface area contributed by atoms with Gasteiger partial charge in [-0.15, -0.1) is 0 Å². The molecule has 0 radical (unpaired) electrons. The number of aromatic nitrogens is 2. The van der Waals surface area contributed by atoms with E-state index >= 15 is 0 Å². The van der Waals surface area contributed by atoms with Crippen LogP contribution in [0.3, 0.4) is 0 Å². The van der Waals surface area contributed by atoms with E-state index in [1.807, 2.05) is 0 Å². The Morgan fingerprint density at radius 2 is 2.17 bits per heavy atom. The lowest BCUT2D eigenvalue weighted by Crippen LogP contribution is -2.43. The smallest absolute Gasteiger partial charge is 0.339 e. The molecule has 1 aromatic heterocycles. The molecule has 0 saturated heterocycles. The zero-order valence-electron chi connectivity index (χ0n) is 10.8. The summed E-state index contributed by atoms with van der Waals surface area (Å²) in [5.41, 5.74) is -1.75. The lowest BCUT2D eigenvalue weighted by molar-refractivity contribution is -0.161. The molecule has 0 saturated carbocycles. The normalized spacial score (nSPS) is 13.8. The third-order valence-electron chi connectivity index (χ3n) is 2.38. The van der Waals surface area contributed by atoms with Crippen LogP contribution in [0.1, 0.15) is 12.6 Å². The number of hydrogen-bond acceptors (Lipinski definition) is 6. The van der Waals surface area contributed by atoms with Crippen molar-refractivity contribution in [3.05, 3.63) is 22.1 Å². The number of nitrogens with zero attached hydrogens (tertiary/aromatic N) is 2. The number of esters is 1. The molecule has 1 rings (SSSR count). The molecule has 100 valence electrons. The maximum atomic E-state index is 11.8. The highest BCUT2D eigenvalue weighted by atomic mass is 16.5. The van der Waals surface area contributed by atoms with Gasteiger partial charge in [0.05, 0.1) is 20.8 Å². The van der Waals surface area contributed by atoms with Gasteiger partial charge in [0.1, 0.15) is 0 Å². The molecule has 1 atom stereocenters. The second-order valence-electron chi connectivity index (χ2n) is 4.07. The minimum absolute atomic E-state index is 0.0316. The molecule has 18 heavy (non-hydrogen) atoms. The van der Waals surface area contributed by atoms with Gasteiger partial charge >= 0.3 is 5.97 Å². The van der Waals surface area contributed by atoms with Gasteiger partial charge in [-0.2, -0.15) is 0 Å². The van der Waals surface area contributed by atoms with Crippen LogP contribution in [0.25, 0.3) is 0 Å². The lowest BCUT2D eigenvalue weighted by Gasteiger charge is -2.22. The first kappa shape index (κ1) is 14.2. The molecule has 0 amide bonds. The highest BCUT2D eigenvalue weighted by Crippen LogP contribution is 2.13. The van der Waals surface area contributed by atoms with Crippen molar-refractivity contribution < 1.29 is 19.4 Å². The number of aliphatic hydroxyl groups is 1. The summed E-state index contributed by atoms with van der Waals surface area (Å²) in [6.45, 7) is 2.60. The molecule has 0 fully saturated rings. The number of carbonyl (C=O) groups is 1. The Morgan fingerprint density at radius 1 is 1.56 bits per heavy atom. The van der Waals surface area contributed by atoms with E-state index < -0.39 is 17.1 Å². The Morgan fingerprint density at radius 3 is 2.67 bits per heavy atom. The van der Waals surface area contributed by atoms with Crippen molar-refractivity contribution in [3.63, 3.8) is 0 Å². The Labute approximate surface area is 104 Å². The summed E-state index contributed by atoms with van der Waals surface area (Å²) in [5.74, 6) is -0.836. The molecular weight excluding hydrogens is 240 g/mol. The number of hydrogen-bond donors (Lipinski definition) is 1. The summed E-state index contributed by atoms with van der Waals surface area (Å²) < 4.78 is 10.5. The summed E-state index contributed by atoms with van der Waals surface area (Å²) in [6, 6.07) is 1.32. The predicted octanol–water partition coefficient (Wildman–Crippen LogP) is -0.516. The fourth-order valence-corrected chi connectivity index (χ4v) is 1.49. The minimum Gasteiger partial charge on any atom is -0.468 e. The first-order valence-corrected chi connectivity index (χ1v) is 5.25. The van der Waals surface area contributed by atoms with Crippen LogP contribution in [0, 0.1) is 6.92 Å². The van der Waals surface area contributed by atoms with Crippen LogP contribution in [0.5, 0.6) is 6.01 Å². The third-order valence-corrected chi connectivity index (χ3v) is 2.38. The standard InChI is InChI=1S/C11H16N2O5/c1-7-5-8(14)13(10(12-7)18-4)6-11(2,16)9(15)17-3/h5,16H,6H2,1-4H3. The van der Waals surface area contributed by atoms with Gasteiger partial charge in [0, 0.05) is 11.8 Å². The number of carbonyl (C=O) groups excluding carboxylic acids is 1. The van der Waals surface area contributed by atoms with Gasteiger partial charge in [-0.05, 0) is 13.8 Å².